The number of rotatable bonds is 3. The van der Waals surface area contributed by atoms with E-state index in [2.05, 4.69) is 0 Å². The maximum absolute atomic E-state index is 13.9. The van der Waals surface area contributed by atoms with Gasteiger partial charge in [0.25, 0.3) is 0 Å². The van der Waals surface area contributed by atoms with Crippen molar-refractivity contribution in [2.24, 2.45) is 34.5 Å². The fourth-order valence-corrected chi connectivity index (χ4v) is 10.3. The first-order chi connectivity index (χ1) is 18.6. The summed E-state index contributed by atoms with van der Waals surface area (Å²) in [4.78, 5) is 40.8. The molecule has 4 fully saturated rings. The van der Waals surface area contributed by atoms with Gasteiger partial charge in [0.05, 0.1) is 28.6 Å². The lowest BCUT2D eigenvalue weighted by molar-refractivity contribution is -0.417. The molecule has 2 heterocycles. The van der Waals surface area contributed by atoms with Crippen LogP contribution in [0.2, 0.25) is 0 Å². The van der Waals surface area contributed by atoms with E-state index < -0.39 is 74.9 Å². The molecule has 2 bridgehead atoms. The van der Waals surface area contributed by atoms with Crippen LogP contribution in [0.5, 0.6) is 0 Å². The lowest BCUT2D eigenvalue weighted by Crippen LogP contribution is -2.93. The molecule has 0 radical (unpaired) electrons. The number of esters is 2. The Bertz CT molecular complexity index is 1260. The van der Waals surface area contributed by atoms with E-state index in [1.165, 1.54) is 6.08 Å². The fourth-order valence-electron chi connectivity index (χ4n) is 10.3. The third-order valence-electron chi connectivity index (χ3n) is 12.5. The first-order valence-corrected chi connectivity index (χ1v) is 14.8. The van der Waals surface area contributed by atoms with Gasteiger partial charge in [-0.25, -0.2) is 4.79 Å². The number of aliphatic hydroxyl groups excluding tert-OH is 1. The zero-order valence-corrected chi connectivity index (χ0v) is 24.3. The summed E-state index contributed by atoms with van der Waals surface area (Å²) >= 11 is 0. The summed E-state index contributed by atoms with van der Waals surface area (Å²) in [5.74, 6) is -4.68. The zero-order valence-electron chi connectivity index (χ0n) is 24.3. The van der Waals surface area contributed by atoms with Crippen LogP contribution in [-0.4, -0.2) is 68.2 Å². The quantitative estimate of drug-likeness (QED) is 0.445. The van der Waals surface area contributed by atoms with Gasteiger partial charge in [0, 0.05) is 24.4 Å². The summed E-state index contributed by atoms with van der Waals surface area (Å²) in [6.07, 6.45) is 4.01. The van der Waals surface area contributed by atoms with Gasteiger partial charge in [-0.15, -0.1) is 0 Å². The number of hydrogen-bond acceptors (Lipinski definition) is 9. The minimum atomic E-state index is -2.21. The second kappa shape index (κ2) is 8.19. The molecule has 2 saturated heterocycles. The first-order valence-electron chi connectivity index (χ1n) is 14.8. The maximum atomic E-state index is 13.9. The Kier molecular flexibility index (Phi) is 5.72. The Morgan fingerprint density at radius 1 is 1.10 bits per heavy atom. The van der Waals surface area contributed by atoms with Crippen LogP contribution in [0.1, 0.15) is 80.1 Å². The van der Waals surface area contributed by atoms with Crippen LogP contribution in [0, 0.1) is 34.5 Å². The van der Waals surface area contributed by atoms with E-state index in [-0.39, 0.29) is 43.8 Å². The molecule has 6 unspecified atom stereocenters. The molecule has 9 heteroatoms. The third-order valence-corrected chi connectivity index (χ3v) is 12.5. The van der Waals surface area contributed by atoms with Gasteiger partial charge in [0.1, 0.15) is 11.7 Å². The van der Waals surface area contributed by atoms with Crippen LogP contribution in [0.4, 0.5) is 0 Å². The van der Waals surface area contributed by atoms with Crippen molar-refractivity contribution in [1.29, 1.82) is 0 Å². The Morgan fingerprint density at radius 3 is 2.42 bits per heavy atom. The largest absolute Gasteiger partial charge is 0.512 e. The Balaban J connectivity index is 1.67. The van der Waals surface area contributed by atoms with Gasteiger partial charge in [0.2, 0.25) is 5.60 Å². The highest BCUT2D eigenvalue weighted by Gasteiger charge is 2.90. The molecule has 2 aliphatic heterocycles. The van der Waals surface area contributed by atoms with Crippen LogP contribution in [0.25, 0.3) is 0 Å². The van der Waals surface area contributed by atoms with Gasteiger partial charge in [-0.1, -0.05) is 26.8 Å². The van der Waals surface area contributed by atoms with Crippen LogP contribution in [0.15, 0.2) is 23.5 Å². The lowest BCUT2D eigenvalue weighted by atomic mass is 9.35. The number of aliphatic hydroxyl groups is 3. The third kappa shape index (κ3) is 2.78. The average molecular weight is 559 g/mol. The number of carbonyl (C=O) groups is 3. The van der Waals surface area contributed by atoms with Gasteiger partial charge >= 0.3 is 11.9 Å². The van der Waals surface area contributed by atoms with Gasteiger partial charge < -0.3 is 29.5 Å². The van der Waals surface area contributed by atoms with Crippen molar-refractivity contribution in [2.45, 2.75) is 109 Å². The van der Waals surface area contributed by atoms with Gasteiger partial charge in [-0.3, -0.25) is 9.59 Å². The highest BCUT2D eigenvalue weighted by atomic mass is 16.6. The second-order valence-electron chi connectivity index (χ2n) is 13.7. The van der Waals surface area contributed by atoms with Crippen molar-refractivity contribution < 1.29 is 43.9 Å². The van der Waals surface area contributed by atoms with Crippen molar-refractivity contribution in [1.82, 2.24) is 0 Å². The molecule has 40 heavy (non-hydrogen) atoms. The normalized spacial score (nSPS) is 53.1. The fraction of sp³-hybridized carbons (Fsp3) is 0.774. The monoisotopic (exact) mass is 558 g/mol. The number of hydrogen-bond donors (Lipinski definition) is 3. The summed E-state index contributed by atoms with van der Waals surface area (Å²) in [6, 6.07) is 0. The summed E-state index contributed by atoms with van der Waals surface area (Å²) in [7, 11) is 0. The molecule has 220 valence electrons. The molecule has 9 nitrogen and oxygen atoms in total. The van der Waals surface area contributed by atoms with Gasteiger partial charge in [0.15, 0.2) is 11.4 Å². The molecule has 2 saturated carbocycles. The van der Waals surface area contributed by atoms with E-state index in [1.54, 1.807) is 26.8 Å². The van der Waals surface area contributed by atoms with Crippen LogP contribution in [0.3, 0.4) is 0 Å². The number of ether oxygens (including phenoxy) is 3. The van der Waals surface area contributed by atoms with Crippen molar-refractivity contribution in [2.75, 3.05) is 6.61 Å². The van der Waals surface area contributed by atoms with Crippen LogP contribution < -0.4 is 0 Å². The number of ketones is 1. The summed E-state index contributed by atoms with van der Waals surface area (Å²) in [5, 5.41) is 37.1. The minimum absolute atomic E-state index is 0.00891. The predicted octanol–water partition coefficient (Wildman–Crippen LogP) is 3.31. The molecular formula is C31H42O9. The molecule has 0 aromatic rings. The lowest BCUT2D eigenvalue weighted by Gasteiger charge is -2.76. The van der Waals surface area contributed by atoms with Crippen molar-refractivity contribution >= 4 is 17.7 Å². The van der Waals surface area contributed by atoms with Gasteiger partial charge in [-0.2, -0.15) is 0 Å². The SMILES string of the molecule is CCO[C@@]1(C)C2C[C@](C)([C@@H](C)C(=O)O2)C23OC(=O)C2(O)C2CC(O)=C4CC=CC(=O)[C@]4(C)C2CC[C@@](O)(CC)C31. The standard InChI is InChI=1S/C31H42O9/c1-7-29(36)13-12-17-19(14-20(32)18-10-9-11-21(33)27(17,18)5)30(37)25(35)40-31(30)24(29)28(6,38-8-2)22-15-26(31,4)16(3)23(34)39-22/h9,11,16-17,19,22,24,32,36-37H,7-8,10,12-15H2,1-6H3/t16-,17?,19?,22?,24?,26+,27+,28-,29-,30?,31?/m0/s1. The molecule has 0 aromatic heterocycles. The topological polar surface area (TPSA) is 140 Å². The number of carbonyl (C=O) groups excluding carboxylic acids is 3. The summed E-state index contributed by atoms with van der Waals surface area (Å²) in [6.45, 7) is 11.0. The van der Waals surface area contributed by atoms with Crippen LogP contribution >= 0.6 is 0 Å². The average Bonchev–Trinajstić information content (AvgIpc) is 2.90. The van der Waals surface area contributed by atoms with E-state index in [9.17, 15) is 29.7 Å². The van der Waals surface area contributed by atoms with Crippen molar-refractivity contribution in [3.63, 3.8) is 0 Å². The molecule has 0 amide bonds. The van der Waals surface area contributed by atoms with E-state index in [1.807, 2.05) is 20.8 Å². The van der Waals surface area contributed by atoms with Crippen LogP contribution in [-0.2, 0) is 28.6 Å². The van der Waals surface area contributed by atoms with E-state index in [0.717, 1.165) is 0 Å². The molecule has 6 aliphatic rings. The highest BCUT2D eigenvalue weighted by Crippen LogP contribution is 2.74. The molecular weight excluding hydrogens is 516 g/mol. The zero-order chi connectivity index (χ0) is 29.3. The molecule has 6 rings (SSSR count). The number of fused-ring (bicyclic) bond motifs is 6. The van der Waals surface area contributed by atoms with E-state index in [0.29, 0.717) is 18.4 Å². The molecule has 4 aliphatic carbocycles. The Hall–Kier alpha value is -2.23. The first kappa shape index (κ1) is 27.9. The highest BCUT2D eigenvalue weighted by molar-refractivity contribution is 5.99. The second-order valence-corrected chi connectivity index (χ2v) is 13.7. The van der Waals surface area contributed by atoms with Gasteiger partial charge in [-0.05, 0) is 70.4 Å². The van der Waals surface area contributed by atoms with E-state index in [4.69, 9.17) is 14.2 Å². The van der Waals surface area contributed by atoms with E-state index >= 15 is 0 Å². The Morgan fingerprint density at radius 2 is 1.80 bits per heavy atom. The molecule has 1 spiro atoms. The predicted molar refractivity (Wildman–Crippen MR) is 142 cm³/mol. The Labute approximate surface area is 234 Å². The number of allylic oxidation sites excluding steroid dienone is 4. The maximum Gasteiger partial charge on any atom is 0.343 e. The van der Waals surface area contributed by atoms with Crippen molar-refractivity contribution in [3.05, 3.63) is 23.5 Å². The van der Waals surface area contributed by atoms with Crippen molar-refractivity contribution in [3.8, 4) is 0 Å². The molecule has 3 N–H and O–H groups in total. The molecule has 11 atom stereocenters. The smallest absolute Gasteiger partial charge is 0.343 e. The summed E-state index contributed by atoms with van der Waals surface area (Å²) in [5.41, 5.74) is -8.42. The minimum Gasteiger partial charge on any atom is -0.512 e. The molecule has 0 aromatic carbocycles. The summed E-state index contributed by atoms with van der Waals surface area (Å²) < 4.78 is 18.6.